The molecule has 0 radical (unpaired) electrons. The van der Waals surface area contributed by atoms with E-state index < -0.39 is 19.2 Å². The fourth-order valence-corrected chi connectivity index (χ4v) is 2.76. The van der Waals surface area contributed by atoms with Crippen LogP contribution in [0.2, 0.25) is 5.02 Å². The normalized spacial score (nSPS) is 15.0. The van der Waals surface area contributed by atoms with Gasteiger partial charge in [0.15, 0.2) is 11.4 Å². The highest BCUT2D eigenvalue weighted by Crippen LogP contribution is 2.53. The SMILES string of the molecule is CCOC(=O)C(C)P(=O)(OCC)OOc1ccc(Cl)cc1. The molecule has 2 unspecified atom stereocenters. The van der Waals surface area contributed by atoms with E-state index in [-0.39, 0.29) is 19.0 Å². The Labute approximate surface area is 128 Å². The standard InChI is InChI=1S/C13H18ClO6P/c1-4-17-13(15)10(3)21(16,18-5-2)20-19-12-8-6-11(14)7-9-12/h6-10H,4-5H2,1-3H3. The topological polar surface area (TPSA) is 71.1 Å². The molecule has 2 atom stereocenters. The molecule has 0 saturated carbocycles. The Kier molecular flexibility index (Phi) is 7.18. The first kappa shape index (κ1) is 18.0. The first-order valence-electron chi connectivity index (χ1n) is 6.45. The van der Waals surface area contributed by atoms with Crippen LogP contribution in [0.15, 0.2) is 24.3 Å². The zero-order chi connectivity index (χ0) is 15.9. The summed E-state index contributed by atoms with van der Waals surface area (Å²) in [6.07, 6.45) is 0. The summed E-state index contributed by atoms with van der Waals surface area (Å²) < 4.78 is 27.4. The van der Waals surface area contributed by atoms with E-state index in [4.69, 9.17) is 30.4 Å². The molecule has 118 valence electrons. The molecule has 21 heavy (non-hydrogen) atoms. The lowest BCUT2D eigenvalue weighted by atomic mass is 10.3. The molecule has 0 spiro atoms. The average molecular weight is 337 g/mol. The molecule has 1 aromatic carbocycles. The molecular formula is C13H18ClO6P. The Hall–Kier alpha value is -1.07. The third kappa shape index (κ3) is 5.32. The van der Waals surface area contributed by atoms with Crippen LogP contribution in [-0.2, 0) is 23.3 Å². The molecule has 0 fully saturated rings. The van der Waals surface area contributed by atoms with Crippen molar-refractivity contribution in [1.29, 1.82) is 0 Å². The highest BCUT2D eigenvalue weighted by Gasteiger charge is 2.40. The third-order valence-corrected chi connectivity index (χ3v) is 4.77. The summed E-state index contributed by atoms with van der Waals surface area (Å²) in [5, 5.41) is 0.523. The molecule has 0 aliphatic carbocycles. The fourth-order valence-electron chi connectivity index (χ4n) is 1.35. The molecule has 0 saturated heterocycles. The molecule has 0 bridgehead atoms. The number of hydrogen-bond donors (Lipinski definition) is 0. The van der Waals surface area contributed by atoms with Crippen LogP contribution in [-0.4, -0.2) is 24.8 Å². The molecule has 0 aliphatic rings. The van der Waals surface area contributed by atoms with Crippen molar-refractivity contribution in [2.75, 3.05) is 13.2 Å². The van der Waals surface area contributed by atoms with E-state index in [9.17, 15) is 9.36 Å². The van der Waals surface area contributed by atoms with Crippen LogP contribution in [0.5, 0.6) is 5.75 Å². The van der Waals surface area contributed by atoms with Crippen molar-refractivity contribution in [3.05, 3.63) is 29.3 Å². The smallest absolute Gasteiger partial charge is 0.382 e. The Balaban J connectivity index is 2.77. The number of carbonyl (C=O) groups is 1. The van der Waals surface area contributed by atoms with E-state index in [1.54, 1.807) is 26.0 Å². The maximum Gasteiger partial charge on any atom is 0.382 e. The van der Waals surface area contributed by atoms with Crippen LogP contribution >= 0.6 is 19.2 Å². The number of esters is 1. The van der Waals surface area contributed by atoms with E-state index in [1.807, 2.05) is 0 Å². The van der Waals surface area contributed by atoms with Crippen molar-refractivity contribution in [3.63, 3.8) is 0 Å². The van der Waals surface area contributed by atoms with Gasteiger partial charge < -0.3 is 14.1 Å². The van der Waals surface area contributed by atoms with Gasteiger partial charge in [-0.1, -0.05) is 16.3 Å². The Morgan fingerprint density at radius 2 is 1.86 bits per heavy atom. The minimum Gasteiger partial charge on any atom is -0.465 e. The van der Waals surface area contributed by atoms with Crippen LogP contribution < -0.4 is 4.89 Å². The van der Waals surface area contributed by atoms with Crippen molar-refractivity contribution in [2.45, 2.75) is 26.4 Å². The molecule has 0 aliphatic heterocycles. The quantitative estimate of drug-likeness (QED) is 0.311. The number of ether oxygens (including phenoxy) is 1. The molecule has 0 aromatic heterocycles. The van der Waals surface area contributed by atoms with Crippen molar-refractivity contribution in [1.82, 2.24) is 0 Å². The van der Waals surface area contributed by atoms with Crippen molar-refractivity contribution in [3.8, 4) is 5.75 Å². The molecule has 0 amide bonds. The van der Waals surface area contributed by atoms with Gasteiger partial charge in [0.25, 0.3) is 0 Å². The summed E-state index contributed by atoms with van der Waals surface area (Å²) >= 11 is 5.74. The van der Waals surface area contributed by atoms with Gasteiger partial charge in [0.2, 0.25) is 0 Å². The van der Waals surface area contributed by atoms with Gasteiger partial charge in [-0.15, -0.1) is 0 Å². The van der Waals surface area contributed by atoms with Gasteiger partial charge >= 0.3 is 13.6 Å². The van der Waals surface area contributed by atoms with Crippen LogP contribution in [0.1, 0.15) is 20.8 Å². The summed E-state index contributed by atoms with van der Waals surface area (Å²) in [6.45, 7) is 4.97. The first-order chi connectivity index (χ1) is 9.92. The zero-order valence-corrected chi connectivity index (χ0v) is 13.7. The number of hydrogen-bond acceptors (Lipinski definition) is 6. The number of benzene rings is 1. The predicted octanol–water partition coefficient (Wildman–Crippen LogP) is 3.83. The number of halogens is 1. The molecule has 1 aromatic rings. The minimum absolute atomic E-state index is 0.102. The monoisotopic (exact) mass is 336 g/mol. The summed E-state index contributed by atoms with van der Waals surface area (Å²) in [4.78, 5) is 16.7. The molecule has 0 heterocycles. The Morgan fingerprint density at radius 3 is 2.38 bits per heavy atom. The first-order valence-corrected chi connectivity index (χ1v) is 8.44. The van der Waals surface area contributed by atoms with Gasteiger partial charge in [-0.25, -0.2) is 0 Å². The lowest BCUT2D eigenvalue weighted by molar-refractivity contribution is -0.145. The summed E-state index contributed by atoms with van der Waals surface area (Å²) in [7, 11) is -3.80. The molecule has 8 heteroatoms. The molecule has 0 N–H and O–H groups in total. The second-order valence-corrected chi connectivity index (χ2v) is 6.70. The van der Waals surface area contributed by atoms with Crippen LogP contribution in [0.4, 0.5) is 0 Å². The van der Waals surface area contributed by atoms with E-state index >= 15 is 0 Å². The lowest BCUT2D eigenvalue weighted by Gasteiger charge is -2.21. The van der Waals surface area contributed by atoms with Crippen LogP contribution in [0, 0.1) is 0 Å². The molecule has 6 nitrogen and oxygen atoms in total. The van der Waals surface area contributed by atoms with Gasteiger partial charge in [0.05, 0.1) is 13.2 Å². The maximum atomic E-state index is 12.6. The second-order valence-electron chi connectivity index (χ2n) is 4.00. The number of rotatable bonds is 8. The highest BCUT2D eigenvalue weighted by atomic mass is 35.5. The Bertz CT molecular complexity index is 504. The zero-order valence-electron chi connectivity index (χ0n) is 12.1. The van der Waals surface area contributed by atoms with Crippen molar-refractivity contribution >= 4 is 25.2 Å². The third-order valence-electron chi connectivity index (χ3n) is 2.46. The van der Waals surface area contributed by atoms with Crippen LogP contribution in [0.3, 0.4) is 0 Å². The van der Waals surface area contributed by atoms with Gasteiger partial charge in [-0.2, -0.15) is 0 Å². The number of carbonyl (C=O) groups excluding carboxylic acids is 1. The lowest BCUT2D eigenvalue weighted by Crippen LogP contribution is -2.23. The molecule has 1 rings (SSSR count). The second kappa shape index (κ2) is 8.39. The van der Waals surface area contributed by atoms with E-state index in [2.05, 4.69) is 0 Å². The highest BCUT2D eigenvalue weighted by molar-refractivity contribution is 7.55. The minimum atomic E-state index is -3.80. The Morgan fingerprint density at radius 1 is 1.24 bits per heavy atom. The van der Waals surface area contributed by atoms with Gasteiger partial charge in [-0.3, -0.25) is 9.36 Å². The molecular weight excluding hydrogens is 319 g/mol. The van der Waals surface area contributed by atoms with Crippen molar-refractivity contribution in [2.24, 2.45) is 0 Å². The average Bonchev–Trinajstić information content (AvgIpc) is 2.46. The van der Waals surface area contributed by atoms with Gasteiger partial charge in [-0.05, 0) is 45.0 Å². The summed E-state index contributed by atoms with van der Waals surface area (Å²) in [6, 6.07) is 6.24. The summed E-state index contributed by atoms with van der Waals surface area (Å²) in [5.74, 6) is -0.385. The van der Waals surface area contributed by atoms with E-state index in [1.165, 1.54) is 19.1 Å². The van der Waals surface area contributed by atoms with Crippen molar-refractivity contribution < 1.29 is 28.2 Å². The van der Waals surface area contributed by atoms with E-state index in [0.29, 0.717) is 5.02 Å². The van der Waals surface area contributed by atoms with Crippen LogP contribution in [0.25, 0.3) is 0 Å². The van der Waals surface area contributed by atoms with E-state index in [0.717, 1.165) is 0 Å². The largest absolute Gasteiger partial charge is 0.465 e. The van der Waals surface area contributed by atoms with Gasteiger partial charge in [0.1, 0.15) is 0 Å². The fraction of sp³-hybridized carbons (Fsp3) is 0.462. The summed E-state index contributed by atoms with van der Waals surface area (Å²) in [5.41, 5.74) is -1.09. The predicted molar refractivity (Wildman–Crippen MR) is 78.5 cm³/mol. The maximum absolute atomic E-state index is 12.6. The van der Waals surface area contributed by atoms with Gasteiger partial charge in [0, 0.05) is 5.02 Å².